The molecule has 2 amide bonds. The van der Waals surface area contributed by atoms with Crippen molar-refractivity contribution >= 4 is 28.3 Å². The maximum Gasteiger partial charge on any atom is 0.248 e. The predicted molar refractivity (Wildman–Crippen MR) is 97.7 cm³/mol. The van der Waals surface area contributed by atoms with Crippen molar-refractivity contribution in [1.82, 2.24) is 15.5 Å². The molecule has 1 aromatic carbocycles. The Labute approximate surface area is 150 Å². The minimum Gasteiger partial charge on any atom is -0.497 e. The number of hydrogen-bond donors (Lipinski definition) is 2. The quantitative estimate of drug-likeness (QED) is 0.753. The van der Waals surface area contributed by atoms with Gasteiger partial charge >= 0.3 is 0 Å². The van der Waals surface area contributed by atoms with Crippen molar-refractivity contribution in [1.29, 1.82) is 0 Å². The summed E-state index contributed by atoms with van der Waals surface area (Å²) in [6, 6.07) is 6.80. The van der Waals surface area contributed by atoms with E-state index in [0.717, 1.165) is 24.2 Å². The van der Waals surface area contributed by atoms with Gasteiger partial charge in [0.1, 0.15) is 16.8 Å². The lowest BCUT2D eigenvalue weighted by Crippen LogP contribution is -2.41. The van der Waals surface area contributed by atoms with Gasteiger partial charge in [0.05, 0.1) is 7.11 Å². The first-order valence-electron chi connectivity index (χ1n) is 8.11. The Morgan fingerprint density at radius 3 is 2.60 bits per heavy atom. The van der Waals surface area contributed by atoms with Crippen LogP contribution in [0.25, 0.3) is 10.6 Å². The highest BCUT2D eigenvalue weighted by atomic mass is 32.1. The van der Waals surface area contributed by atoms with E-state index in [0.29, 0.717) is 16.6 Å². The fourth-order valence-corrected chi connectivity index (χ4v) is 2.81. The fraction of sp³-hybridized carbons (Fsp3) is 0.412. The van der Waals surface area contributed by atoms with E-state index in [9.17, 15) is 9.59 Å². The van der Waals surface area contributed by atoms with Crippen molar-refractivity contribution in [2.45, 2.75) is 39.2 Å². The molecule has 2 rings (SSSR count). The van der Waals surface area contributed by atoms with E-state index < -0.39 is 6.04 Å². The van der Waals surface area contributed by atoms with Gasteiger partial charge in [-0.1, -0.05) is 24.7 Å². The molecule has 0 unspecified atom stereocenters. The summed E-state index contributed by atoms with van der Waals surface area (Å²) in [5, 5.41) is 14.5. The summed E-state index contributed by atoms with van der Waals surface area (Å²) >= 11 is 1.27. The number of methoxy groups -OCH3 is 1. The molecule has 0 saturated carbocycles. The van der Waals surface area contributed by atoms with Crippen LogP contribution in [0.2, 0.25) is 0 Å². The number of carbonyl (C=O) groups excluding carboxylic acids is 2. The van der Waals surface area contributed by atoms with Crippen molar-refractivity contribution < 1.29 is 14.3 Å². The summed E-state index contributed by atoms with van der Waals surface area (Å²) < 4.78 is 5.12. The van der Waals surface area contributed by atoms with Crippen LogP contribution in [0.1, 0.15) is 33.1 Å². The number of amides is 2. The van der Waals surface area contributed by atoms with E-state index in [1.54, 1.807) is 14.0 Å². The monoisotopic (exact) mass is 362 g/mol. The van der Waals surface area contributed by atoms with Crippen LogP contribution in [-0.2, 0) is 9.59 Å². The molecule has 7 nitrogen and oxygen atoms in total. The lowest BCUT2D eigenvalue weighted by molar-refractivity contribution is -0.126. The van der Waals surface area contributed by atoms with Gasteiger partial charge in [0, 0.05) is 12.0 Å². The van der Waals surface area contributed by atoms with Gasteiger partial charge < -0.3 is 10.1 Å². The normalized spacial score (nSPS) is 11.6. The lowest BCUT2D eigenvalue weighted by atomic mass is 10.2. The summed E-state index contributed by atoms with van der Waals surface area (Å²) in [5.74, 6) is 0.317. The second kappa shape index (κ2) is 9.12. The van der Waals surface area contributed by atoms with E-state index in [1.165, 1.54) is 11.3 Å². The fourth-order valence-electron chi connectivity index (χ4n) is 2.05. The van der Waals surface area contributed by atoms with Crippen LogP contribution < -0.4 is 15.4 Å². The van der Waals surface area contributed by atoms with Crippen molar-refractivity contribution in [2.75, 3.05) is 12.4 Å². The molecule has 2 N–H and O–H groups in total. The molecule has 1 heterocycles. The van der Waals surface area contributed by atoms with Crippen LogP contribution in [0, 0.1) is 0 Å². The molecule has 134 valence electrons. The van der Waals surface area contributed by atoms with Crippen LogP contribution in [0.3, 0.4) is 0 Å². The van der Waals surface area contributed by atoms with E-state index in [-0.39, 0.29) is 11.8 Å². The number of ether oxygens (including phenoxy) is 1. The van der Waals surface area contributed by atoms with Gasteiger partial charge in [-0.15, -0.1) is 10.2 Å². The average Bonchev–Trinajstić information content (AvgIpc) is 3.08. The predicted octanol–water partition coefficient (Wildman–Crippen LogP) is 2.85. The van der Waals surface area contributed by atoms with Crippen molar-refractivity contribution in [3.63, 3.8) is 0 Å². The summed E-state index contributed by atoms with van der Waals surface area (Å²) in [7, 11) is 1.61. The van der Waals surface area contributed by atoms with Crippen LogP contribution in [-0.4, -0.2) is 35.2 Å². The number of unbranched alkanes of at least 4 members (excludes halogenated alkanes) is 1. The molecule has 25 heavy (non-hydrogen) atoms. The zero-order chi connectivity index (χ0) is 18.2. The molecule has 0 aliphatic rings. The van der Waals surface area contributed by atoms with Gasteiger partial charge in [0.2, 0.25) is 16.9 Å². The summed E-state index contributed by atoms with van der Waals surface area (Å²) in [6.07, 6.45) is 2.17. The largest absolute Gasteiger partial charge is 0.497 e. The Bertz CT molecular complexity index is 715. The van der Waals surface area contributed by atoms with Crippen LogP contribution >= 0.6 is 11.3 Å². The molecule has 0 bridgehead atoms. The third kappa shape index (κ3) is 5.53. The number of anilines is 1. The van der Waals surface area contributed by atoms with E-state index in [1.807, 2.05) is 31.2 Å². The van der Waals surface area contributed by atoms with Gasteiger partial charge in [-0.05, 0) is 37.6 Å². The number of aromatic nitrogens is 2. The first-order chi connectivity index (χ1) is 12.0. The summed E-state index contributed by atoms with van der Waals surface area (Å²) in [6.45, 7) is 3.66. The molecule has 1 atom stereocenters. The first-order valence-corrected chi connectivity index (χ1v) is 8.93. The van der Waals surface area contributed by atoms with Crippen molar-refractivity contribution in [2.24, 2.45) is 0 Å². The van der Waals surface area contributed by atoms with Crippen molar-refractivity contribution in [3.05, 3.63) is 24.3 Å². The number of rotatable bonds is 8. The molecule has 0 aliphatic carbocycles. The maximum absolute atomic E-state index is 12.1. The zero-order valence-corrected chi connectivity index (χ0v) is 15.4. The third-order valence-corrected chi connectivity index (χ3v) is 4.41. The van der Waals surface area contributed by atoms with Gasteiger partial charge in [0.15, 0.2) is 0 Å². The molecule has 8 heteroatoms. The zero-order valence-electron chi connectivity index (χ0n) is 14.5. The van der Waals surface area contributed by atoms with Crippen molar-refractivity contribution in [3.8, 4) is 16.3 Å². The molecule has 0 radical (unpaired) electrons. The minimum atomic E-state index is -0.627. The number of carbonyl (C=O) groups is 2. The molecule has 1 aromatic heterocycles. The smallest absolute Gasteiger partial charge is 0.248 e. The number of nitrogens with zero attached hydrogens (tertiary/aromatic N) is 2. The van der Waals surface area contributed by atoms with E-state index >= 15 is 0 Å². The van der Waals surface area contributed by atoms with Gasteiger partial charge in [-0.25, -0.2) is 0 Å². The molecule has 2 aromatic rings. The second-order valence-electron chi connectivity index (χ2n) is 5.52. The van der Waals surface area contributed by atoms with Crippen LogP contribution in [0.5, 0.6) is 5.75 Å². The maximum atomic E-state index is 12.1. The van der Waals surface area contributed by atoms with E-state index in [2.05, 4.69) is 20.8 Å². The van der Waals surface area contributed by atoms with Gasteiger partial charge in [-0.3, -0.25) is 14.9 Å². The Hall–Kier alpha value is -2.48. The number of nitrogens with one attached hydrogen (secondary N) is 2. The van der Waals surface area contributed by atoms with Gasteiger partial charge in [-0.2, -0.15) is 0 Å². The molecule has 0 spiro atoms. The average molecular weight is 362 g/mol. The van der Waals surface area contributed by atoms with Crippen LogP contribution in [0.15, 0.2) is 24.3 Å². The first kappa shape index (κ1) is 18.9. The Morgan fingerprint density at radius 1 is 1.24 bits per heavy atom. The highest BCUT2D eigenvalue weighted by molar-refractivity contribution is 7.18. The number of hydrogen-bond acceptors (Lipinski definition) is 6. The highest BCUT2D eigenvalue weighted by Gasteiger charge is 2.17. The van der Waals surface area contributed by atoms with Crippen LogP contribution in [0.4, 0.5) is 5.13 Å². The summed E-state index contributed by atoms with van der Waals surface area (Å²) in [5.41, 5.74) is 0.889. The molecule has 0 fully saturated rings. The molecule has 0 saturated heterocycles. The third-order valence-electron chi connectivity index (χ3n) is 3.52. The molecule has 0 aliphatic heterocycles. The molecular weight excluding hydrogens is 340 g/mol. The number of benzene rings is 1. The molecular formula is C17H22N4O3S. The summed E-state index contributed by atoms with van der Waals surface area (Å²) in [4.78, 5) is 23.8. The Morgan fingerprint density at radius 2 is 1.96 bits per heavy atom. The Kier molecular flexibility index (Phi) is 6.88. The topological polar surface area (TPSA) is 93.2 Å². The second-order valence-corrected chi connectivity index (χ2v) is 6.50. The minimum absolute atomic E-state index is 0.124. The Balaban J connectivity index is 1.93. The van der Waals surface area contributed by atoms with Gasteiger partial charge in [0.25, 0.3) is 0 Å². The lowest BCUT2D eigenvalue weighted by Gasteiger charge is -2.12. The van der Waals surface area contributed by atoms with E-state index in [4.69, 9.17) is 4.74 Å². The standard InChI is InChI=1S/C17H22N4O3S/c1-4-5-6-14(22)18-11(2)15(23)19-17-21-20-16(25-17)12-7-9-13(24-3)10-8-12/h7-11H,4-6H2,1-3H3,(H,18,22)(H,19,21,23)/t11-/m0/s1. The highest BCUT2D eigenvalue weighted by Crippen LogP contribution is 2.27. The SMILES string of the molecule is CCCCC(=O)N[C@@H](C)C(=O)Nc1nnc(-c2ccc(OC)cc2)s1.